The fourth-order valence-corrected chi connectivity index (χ4v) is 3.10. The summed E-state index contributed by atoms with van der Waals surface area (Å²) in [7, 11) is 0. The third-order valence-corrected chi connectivity index (χ3v) is 4.71. The van der Waals surface area contributed by atoms with Crippen LogP contribution in [0.3, 0.4) is 0 Å². The lowest BCUT2D eigenvalue weighted by Gasteiger charge is -2.12. The van der Waals surface area contributed by atoms with Crippen molar-refractivity contribution in [2.24, 2.45) is 0 Å². The molecule has 2 heterocycles. The van der Waals surface area contributed by atoms with Gasteiger partial charge < -0.3 is 5.32 Å². The van der Waals surface area contributed by atoms with E-state index < -0.39 is 0 Å². The molecule has 1 aromatic carbocycles. The first kappa shape index (κ1) is 16.3. The van der Waals surface area contributed by atoms with Gasteiger partial charge in [-0.25, -0.2) is 4.98 Å². The van der Waals surface area contributed by atoms with Crippen molar-refractivity contribution in [3.63, 3.8) is 0 Å². The van der Waals surface area contributed by atoms with Gasteiger partial charge in [0.25, 0.3) is 0 Å². The molecule has 3 aromatic rings. The second-order valence-corrected chi connectivity index (χ2v) is 6.31. The first-order chi connectivity index (χ1) is 11.6. The quantitative estimate of drug-likeness (QED) is 0.722. The summed E-state index contributed by atoms with van der Waals surface area (Å²) in [5, 5.41) is 3.65. The zero-order valence-electron chi connectivity index (χ0n) is 13.6. The van der Waals surface area contributed by atoms with Gasteiger partial charge in [0.15, 0.2) is 5.16 Å². The van der Waals surface area contributed by atoms with E-state index in [2.05, 4.69) is 41.3 Å². The molecule has 0 aliphatic carbocycles. The summed E-state index contributed by atoms with van der Waals surface area (Å²) in [5.74, 6) is 0.228. The molecule has 1 amide bonds. The summed E-state index contributed by atoms with van der Waals surface area (Å²) in [4.78, 5) is 20.4. The Bertz CT molecular complexity index is 845. The number of carbonyl (C=O) groups is 1. The number of benzene rings is 1. The molecule has 0 atom stereocenters. The summed E-state index contributed by atoms with van der Waals surface area (Å²) >= 11 is 1.41. The van der Waals surface area contributed by atoms with Crippen molar-refractivity contribution in [2.45, 2.75) is 19.0 Å². The van der Waals surface area contributed by atoms with Crippen LogP contribution in [-0.4, -0.2) is 26.2 Å². The minimum absolute atomic E-state index is 0.0679. The Morgan fingerprint density at radius 2 is 1.96 bits per heavy atom. The minimum Gasteiger partial charge on any atom is -0.325 e. The lowest BCUT2D eigenvalue weighted by atomic mass is 10.1. The third-order valence-electron chi connectivity index (χ3n) is 3.74. The lowest BCUT2D eigenvalue weighted by molar-refractivity contribution is -0.113. The number of thioether (sulfide) groups is 1. The number of nitrogens with zero attached hydrogens (tertiary/aromatic N) is 3. The molecule has 2 aromatic heterocycles. The predicted molar refractivity (Wildman–Crippen MR) is 96.6 cm³/mol. The number of nitrogens with one attached hydrogen (secondary N) is 1. The van der Waals surface area contributed by atoms with Crippen molar-refractivity contribution >= 4 is 23.4 Å². The highest BCUT2D eigenvalue weighted by molar-refractivity contribution is 7.99. The topological polar surface area (TPSA) is 59.8 Å². The van der Waals surface area contributed by atoms with E-state index in [0.29, 0.717) is 5.75 Å². The van der Waals surface area contributed by atoms with Crippen LogP contribution in [-0.2, 0) is 4.79 Å². The molecule has 0 radical (unpaired) electrons. The molecular formula is C18H18N4OS. The number of rotatable bonds is 5. The Balaban J connectivity index is 1.70. The van der Waals surface area contributed by atoms with Crippen LogP contribution in [0.25, 0.3) is 5.69 Å². The van der Waals surface area contributed by atoms with Gasteiger partial charge in [-0.05, 0) is 43.2 Å². The Labute approximate surface area is 145 Å². The van der Waals surface area contributed by atoms with Gasteiger partial charge in [0.05, 0.1) is 11.4 Å². The van der Waals surface area contributed by atoms with E-state index in [1.807, 2.05) is 16.8 Å². The van der Waals surface area contributed by atoms with E-state index >= 15 is 0 Å². The molecule has 0 aliphatic heterocycles. The Kier molecular flexibility index (Phi) is 4.96. The van der Waals surface area contributed by atoms with Gasteiger partial charge in [-0.15, -0.1) is 0 Å². The summed E-state index contributed by atoms with van der Waals surface area (Å²) in [6.07, 6.45) is 6.97. The first-order valence-corrected chi connectivity index (χ1v) is 8.56. The number of aryl methyl sites for hydroxylation is 1. The van der Waals surface area contributed by atoms with Crippen molar-refractivity contribution < 1.29 is 4.79 Å². The fraction of sp³-hybridized carbons (Fsp3) is 0.167. The summed E-state index contributed by atoms with van der Waals surface area (Å²) in [6.45, 7) is 4.18. The maximum Gasteiger partial charge on any atom is 0.234 e. The predicted octanol–water partition coefficient (Wildman–Crippen LogP) is 3.61. The molecule has 6 heteroatoms. The molecule has 0 fully saturated rings. The normalized spacial score (nSPS) is 10.6. The highest BCUT2D eigenvalue weighted by Crippen LogP contribution is 2.24. The Morgan fingerprint density at radius 3 is 2.75 bits per heavy atom. The van der Waals surface area contributed by atoms with E-state index in [1.54, 1.807) is 30.7 Å². The third kappa shape index (κ3) is 3.65. The molecule has 122 valence electrons. The number of amides is 1. The summed E-state index contributed by atoms with van der Waals surface area (Å²) in [5.41, 5.74) is 4.27. The molecule has 0 unspecified atom stereocenters. The van der Waals surface area contributed by atoms with Crippen molar-refractivity contribution in [3.05, 3.63) is 66.2 Å². The van der Waals surface area contributed by atoms with Crippen LogP contribution in [0.4, 0.5) is 5.69 Å². The van der Waals surface area contributed by atoms with Crippen molar-refractivity contribution in [1.29, 1.82) is 0 Å². The summed E-state index contributed by atoms with van der Waals surface area (Å²) < 4.78 is 2.02. The maximum atomic E-state index is 12.1. The average Bonchev–Trinajstić information content (AvgIpc) is 3.05. The van der Waals surface area contributed by atoms with Gasteiger partial charge in [0.1, 0.15) is 0 Å². The van der Waals surface area contributed by atoms with Crippen molar-refractivity contribution in [3.8, 4) is 5.69 Å². The van der Waals surface area contributed by atoms with Crippen molar-refractivity contribution in [2.75, 3.05) is 11.1 Å². The van der Waals surface area contributed by atoms with E-state index in [-0.39, 0.29) is 5.91 Å². The number of hydrogen-bond donors (Lipinski definition) is 1. The molecule has 0 saturated heterocycles. The van der Waals surface area contributed by atoms with Crippen LogP contribution in [0.15, 0.2) is 60.3 Å². The molecule has 0 spiro atoms. The van der Waals surface area contributed by atoms with Gasteiger partial charge in [0, 0.05) is 30.5 Å². The van der Waals surface area contributed by atoms with Crippen LogP contribution < -0.4 is 5.32 Å². The van der Waals surface area contributed by atoms with Crippen molar-refractivity contribution in [1.82, 2.24) is 14.5 Å². The second-order valence-electron chi connectivity index (χ2n) is 5.37. The number of pyridine rings is 1. The minimum atomic E-state index is -0.0679. The standard InChI is InChI=1S/C18H18N4OS/c1-13-4-3-5-16(14(13)2)22-11-10-20-18(22)24-12-17(23)21-15-6-8-19-9-7-15/h3-11H,12H2,1-2H3,(H,19,21,23). The Hall–Kier alpha value is -2.60. The number of anilines is 1. The fourth-order valence-electron chi connectivity index (χ4n) is 2.34. The maximum absolute atomic E-state index is 12.1. The van der Waals surface area contributed by atoms with Gasteiger partial charge in [-0.3, -0.25) is 14.3 Å². The number of carbonyl (C=O) groups excluding carboxylic acids is 1. The molecular weight excluding hydrogens is 320 g/mol. The SMILES string of the molecule is Cc1cccc(-n2ccnc2SCC(=O)Nc2ccncc2)c1C. The van der Waals surface area contributed by atoms with E-state index in [4.69, 9.17) is 0 Å². The van der Waals surface area contributed by atoms with E-state index in [9.17, 15) is 4.79 Å². The summed E-state index contributed by atoms with van der Waals surface area (Å²) in [6, 6.07) is 9.71. The van der Waals surface area contributed by atoms with Gasteiger partial charge in [0.2, 0.25) is 5.91 Å². The highest BCUT2D eigenvalue weighted by Gasteiger charge is 2.11. The van der Waals surface area contributed by atoms with Crippen LogP contribution in [0.1, 0.15) is 11.1 Å². The van der Waals surface area contributed by atoms with Gasteiger partial charge in [-0.1, -0.05) is 23.9 Å². The molecule has 24 heavy (non-hydrogen) atoms. The molecule has 0 bridgehead atoms. The zero-order valence-corrected chi connectivity index (χ0v) is 14.4. The smallest absolute Gasteiger partial charge is 0.234 e. The highest BCUT2D eigenvalue weighted by atomic mass is 32.2. The van der Waals surface area contributed by atoms with Crippen LogP contribution in [0, 0.1) is 13.8 Å². The largest absolute Gasteiger partial charge is 0.325 e. The molecule has 0 aliphatic rings. The van der Waals surface area contributed by atoms with Gasteiger partial charge in [-0.2, -0.15) is 0 Å². The van der Waals surface area contributed by atoms with Crippen LogP contribution >= 0.6 is 11.8 Å². The molecule has 5 nitrogen and oxygen atoms in total. The molecule has 0 saturated carbocycles. The first-order valence-electron chi connectivity index (χ1n) is 7.58. The Morgan fingerprint density at radius 1 is 1.17 bits per heavy atom. The van der Waals surface area contributed by atoms with E-state index in [1.165, 1.54) is 22.9 Å². The average molecular weight is 338 g/mol. The zero-order chi connectivity index (χ0) is 16.9. The molecule has 1 N–H and O–H groups in total. The number of hydrogen-bond acceptors (Lipinski definition) is 4. The van der Waals surface area contributed by atoms with Crippen LogP contribution in [0.5, 0.6) is 0 Å². The van der Waals surface area contributed by atoms with E-state index in [0.717, 1.165) is 16.5 Å². The lowest BCUT2D eigenvalue weighted by Crippen LogP contribution is -2.14. The molecule has 3 rings (SSSR count). The monoisotopic (exact) mass is 338 g/mol. The number of aromatic nitrogens is 3. The van der Waals surface area contributed by atoms with Crippen LogP contribution in [0.2, 0.25) is 0 Å². The van der Waals surface area contributed by atoms with Gasteiger partial charge >= 0.3 is 0 Å². The number of imidazole rings is 1. The second kappa shape index (κ2) is 7.31.